The van der Waals surface area contributed by atoms with Crippen LogP contribution in [0.5, 0.6) is 0 Å². The molecule has 0 spiro atoms. The Morgan fingerprint density at radius 2 is 1.96 bits per heavy atom. The highest BCUT2D eigenvalue weighted by atomic mass is 35.5. The second-order valence-electron chi connectivity index (χ2n) is 5.38. The quantitative estimate of drug-likeness (QED) is 0.710. The number of benzene rings is 1. The number of aromatic nitrogens is 5. The highest BCUT2D eigenvalue weighted by molar-refractivity contribution is 6.31. The Labute approximate surface area is 145 Å². The van der Waals surface area contributed by atoms with Gasteiger partial charge in [-0.2, -0.15) is 0 Å². The van der Waals surface area contributed by atoms with Crippen molar-refractivity contribution in [2.24, 2.45) is 0 Å². The van der Waals surface area contributed by atoms with E-state index in [1.807, 2.05) is 30.3 Å². The zero-order chi connectivity index (χ0) is 16.9. The fraction of sp³-hybridized carbons (Fsp3) is 0.375. The maximum Gasteiger partial charge on any atom is 0.200 e. The second-order valence-corrected chi connectivity index (χ2v) is 5.79. The molecule has 0 fully saturated rings. The third kappa shape index (κ3) is 3.47. The maximum absolute atomic E-state index is 6.42. The van der Waals surface area contributed by atoms with Gasteiger partial charge in [0, 0.05) is 11.6 Å². The van der Waals surface area contributed by atoms with Crippen molar-refractivity contribution in [3.8, 4) is 0 Å². The van der Waals surface area contributed by atoms with Gasteiger partial charge in [-0.05, 0) is 47.3 Å². The number of likely N-dealkylation sites (N-methyl/N-ethyl adjacent to an activating group) is 1. The van der Waals surface area contributed by atoms with Gasteiger partial charge in [-0.15, -0.1) is 14.8 Å². The van der Waals surface area contributed by atoms with Crippen LogP contribution >= 0.6 is 11.6 Å². The van der Waals surface area contributed by atoms with Crippen molar-refractivity contribution in [2.45, 2.75) is 19.9 Å². The number of anilines is 1. The Bertz CT molecular complexity index is 800. The lowest BCUT2D eigenvalue weighted by Crippen LogP contribution is -2.33. The number of nitrogens with one attached hydrogen (secondary N) is 1. The van der Waals surface area contributed by atoms with Crippen molar-refractivity contribution in [3.05, 3.63) is 47.0 Å². The topological polar surface area (TPSA) is 71.2 Å². The van der Waals surface area contributed by atoms with Crippen molar-refractivity contribution in [1.82, 2.24) is 30.2 Å². The molecular formula is C16H20ClN7. The summed E-state index contributed by atoms with van der Waals surface area (Å²) >= 11 is 6.42. The lowest BCUT2D eigenvalue weighted by molar-refractivity contribution is 0.228. The fourth-order valence-electron chi connectivity index (χ4n) is 2.79. The molecule has 0 aliphatic carbocycles. The van der Waals surface area contributed by atoms with Crippen LogP contribution in [0.25, 0.3) is 5.65 Å². The van der Waals surface area contributed by atoms with E-state index in [0.29, 0.717) is 12.2 Å². The Hall–Kier alpha value is -2.25. The molecule has 0 aliphatic rings. The molecule has 3 rings (SSSR count). The van der Waals surface area contributed by atoms with Gasteiger partial charge >= 0.3 is 0 Å². The molecule has 0 saturated carbocycles. The van der Waals surface area contributed by atoms with E-state index in [2.05, 4.69) is 50.8 Å². The lowest BCUT2D eigenvalue weighted by atomic mass is 10.0. The molecule has 3 aromatic rings. The summed E-state index contributed by atoms with van der Waals surface area (Å²) in [5.74, 6) is 0.721. The molecule has 126 valence electrons. The van der Waals surface area contributed by atoms with Crippen LogP contribution in [0.2, 0.25) is 5.02 Å². The van der Waals surface area contributed by atoms with E-state index >= 15 is 0 Å². The number of hydrogen-bond acceptors (Lipinski definition) is 6. The van der Waals surface area contributed by atoms with Crippen molar-refractivity contribution >= 4 is 23.1 Å². The van der Waals surface area contributed by atoms with Crippen molar-refractivity contribution in [1.29, 1.82) is 0 Å². The Morgan fingerprint density at radius 3 is 2.71 bits per heavy atom. The van der Waals surface area contributed by atoms with E-state index in [9.17, 15) is 0 Å². The average Bonchev–Trinajstić information content (AvgIpc) is 3.07. The highest BCUT2D eigenvalue weighted by Crippen LogP contribution is 2.27. The SMILES string of the molecule is CCN(CC)[C@H](CNc1ccc2nnnn2n1)c1ccccc1Cl. The van der Waals surface area contributed by atoms with Crippen LogP contribution in [-0.2, 0) is 0 Å². The van der Waals surface area contributed by atoms with Crippen LogP contribution in [0.1, 0.15) is 25.5 Å². The van der Waals surface area contributed by atoms with Crippen molar-refractivity contribution in [3.63, 3.8) is 0 Å². The van der Waals surface area contributed by atoms with E-state index in [4.69, 9.17) is 11.6 Å². The molecule has 0 bridgehead atoms. The van der Waals surface area contributed by atoms with E-state index in [-0.39, 0.29) is 6.04 Å². The molecule has 0 saturated heterocycles. The number of tetrazole rings is 1. The third-order valence-corrected chi connectivity index (χ3v) is 4.41. The van der Waals surface area contributed by atoms with E-state index in [0.717, 1.165) is 29.5 Å². The standard InChI is InChI=1S/C16H20ClN7/c1-3-23(4-2)14(12-7-5-6-8-13(12)17)11-18-15-9-10-16-19-21-22-24(16)20-15/h5-10,14H,3-4,11H2,1-2H3,(H,18,20)/t14-/m1/s1. The average molecular weight is 346 g/mol. The van der Waals surface area contributed by atoms with E-state index in [1.165, 1.54) is 4.63 Å². The summed E-state index contributed by atoms with van der Waals surface area (Å²) in [6.07, 6.45) is 0. The van der Waals surface area contributed by atoms with Crippen molar-refractivity contribution < 1.29 is 0 Å². The molecule has 8 heteroatoms. The summed E-state index contributed by atoms with van der Waals surface area (Å²) in [7, 11) is 0. The number of halogens is 1. The van der Waals surface area contributed by atoms with Gasteiger partial charge in [-0.25, -0.2) is 0 Å². The smallest absolute Gasteiger partial charge is 0.200 e. The summed E-state index contributed by atoms with van der Waals surface area (Å²) < 4.78 is 1.41. The van der Waals surface area contributed by atoms with Gasteiger partial charge < -0.3 is 5.32 Å². The molecule has 0 aliphatic heterocycles. The predicted octanol–water partition coefficient (Wildman–Crippen LogP) is 2.67. The lowest BCUT2D eigenvalue weighted by Gasteiger charge is -2.31. The first kappa shape index (κ1) is 16.6. The van der Waals surface area contributed by atoms with Gasteiger partial charge in [-0.3, -0.25) is 4.90 Å². The second kappa shape index (κ2) is 7.55. The van der Waals surface area contributed by atoms with Crippen LogP contribution in [0, 0.1) is 0 Å². The maximum atomic E-state index is 6.42. The van der Waals surface area contributed by atoms with Crippen LogP contribution in [0.4, 0.5) is 5.82 Å². The molecule has 24 heavy (non-hydrogen) atoms. The van der Waals surface area contributed by atoms with Gasteiger partial charge in [0.2, 0.25) is 0 Å². The summed E-state index contributed by atoms with van der Waals surface area (Å²) in [6, 6.07) is 11.8. The molecule has 1 aromatic carbocycles. The molecule has 1 atom stereocenters. The van der Waals surface area contributed by atoms with Crippen LogP contribution in [0.15, 0.2) is 36.4 Å². The molecular weight excluding hydrogens is 326 g/mol. The number of rotatable bonds is 7. The largest absolute Gasteiger partial charge is 0.367 e. The van der Waals surface area contributed by atoms with Gasteiger partial charge in [0.05, 0.1) is 6.04 Å². The number of nitrogens with zero attached hydrogens (tertiary/aromatic N) is 6. The third-order valence-electron chi connectivity index (χ3n) is 4.06. The minimum absolute atomic E-state index is 0.153. The normalized spacial score (nSPS) is 12.7. The Kier molecular flexibility index (Phi) is 5.22. The van der Waals surface area contributed by atoms with Gasteiger partial charge in [0.15, 0.2) is 5.65 Å². The molecule has 2 aromatic heterocycles. The van der Waals surface area contributed by atoms with Crippen LogP contribution in [-0.4, -0.2) is 49.8 Å². The summed E-state index contributed by atoms with van der Waals surface area (Å²) in [5, 5.41) is 19.8. The Balaban J connectivity index is 1.82. The summed E-state index contributed by atoms with van der Waals surface area (Å²) in [5.41, 5.74) is 1.73. The van der Waals surface area contributed by atoms with Crippen LogP contribution < -0.4 is 5.32 Å². The fourth-order valence-corrected chi connectivity index (χ4v) is 3.05. The molecule has 1 N–H and O–H groups in total. The zero-order valence-electron chi connectivity index (χ0n) is 13.7. The first-order valence-electron chi connectivity index (χ1n) is 8.00. The predicted molar refractivity (Wildman–Crippen MR) is 94.2 cm³/mol. The van der Waals surface area contributed by atoms with E-state index in [1.54, 1.807) is 0 Å². The molecule has 2 heterocycles. The molecule has 0 unspecified atom stereocenters. The number of hydrogen-bond donors (Lipinski definition) is 1. The first-order chi connectivity index (χ1) is 11.7. The monoisotopic (exact) mass is 345 g/mol. The highest BCUT2D eigenvalue weighted by Gasteiger charge is 2.20. The molecule has 0 radical (unpaired) electrons. The molecule has 0 amide bonds. The van der Waals surface area contributed by atoms with Gasteiger partial charge in [0.1, 0.15) is 5.82 Å². The number of fused-ring (bicyclic) bond motifs is 1. The molecule has 7 nitrogen and oxygen atoms in total. The summed E-state index contributed by atoms with van der Waals surface area (Å²) in [4.78, 5) is 2.36. The van der Waals surface area contributed by atoms with Gasteiger partial charge in [-0.1, -0.05) is 43.6 Å². The minimum atomic E-state index is 0.153. The van der Waals surface area contributed by atoms with E-state index < -0.39 is 0 Å². The summed E-state index contributed by atoms with van der Waals surface area (Å²) in [6.45, 7) is 6.87. The minimum Gasteiger partial charge on any atom is -0.367 e. The van der Waals surface area contributed by atoms with Gasteiger partial charge in [0.25, 0.3) is 0 Å². The zero-order valence-corrected chi connectivity index (χ0v) is 14.5. The van der Waals surface area contributed by atoms with Crippen molar-refractivity contribution in [2.75, 3.05) is 25.0 Å². The Morgan fingerprint density at radius 1 is 1.17 bits per heavy atom. The first-order valence-corrected chi connectivity index (χ1v) is 8.38. The van der Waals surface area contributed by atoms with Crippen LogP contribution in [0.3, 0.4) is 0 Å².